The average Bonchev–Trinajstić information content (AvgIpc) is 2.38. The molecule has 0 radical (unpaired) electrons. The van der Waals surface area contributed by atoms with Crippen LogP contribution in [-0.4, -0.2) is 32.4 Å². The normalized spacial score (nSPS) is 13.0. The van der Waals surface area contributed by atoms with E-state index in [0.717, 1.165) is 12.1 Å². The molecule has 1 aromatic carbocycles. The zero-order chi connectivity index (χ0) is 16.0. The van der Waals surface area contributed by atoms with E-state index in [9.17, 15) is 22.0 Å². The number of hydrogen-bond donors (Lipinski definition) is 1. The summed E-state index contributed by atoms with van der Waals surface area (Å²) in [6.07, 6.45) is 0.459. The number of sulfone groups is 1. The minimum absolute atomic E-state index is 0.0286. The molecule has 1 unspecified atom stereocenters. The standard InChI is InChI=1S/C14H19F2NO3S/c1-3-6-21(19,20)9-14(18)17-8-10(2)11-4-5-12(15)13(16)7-11/h4-5,7,10H,3,6,8-9H2,1-2H3,(H,17,18). The first kappa shape index (κ1) is 17.6. The van der Waals surface area contributed by atoms with Crippen molar-refractivity contribution in [3.63, 3.8) is 0 Å². The van der Waals surface area contributed by atoms with Crippen LogP contribution in [0.1, 0.15) is 31.7 Å². The van der Waals surface area contributed by atoms with Crippen molar-refractivity contribution in [1.82, 2.24) is 5.32 Å². The Kier molecular flexibility index (Phi) is 6.26. The number of carbonyl (C=O) groups excluding carboxylic acids is 1. The molecule has 0 aliphatic rings. The van der Waals surface area contributed by atoms with E-state index in [-0.39, 0.29) is 18.2 Å². The molecule has 21 heavy (non-hydrogen) atoms. The summed E-state index contributed by atoms with van der Waals surface area (Å²) in [6, 6.07) is 3.53. The minimum Gasteiger partial charge on any atom is -0.355 e. The van der Waals surface area contributed by atoms with Gasteiger partial charge in [0, 0.05) is 6.54 Å². The van der Waals surface area contributed by atoms with Gasteiger partial charge >= 0.3 is 0 Å². The predicted octanol–water partition coefficient (Wildman–Crippen LogP) is 2.01. The fourth-order valence-corrected chi connectivity index (χ4v) is 3.11. The monoisotopic (exact) mass is 319 g/mol. The van der Waals surface area contributed by atoms with Gasteiger partial charge in [-0.3, -0.25) is 4.79 Å². The van der Waals surface area contributed by atoms with Crippen LogP contribution in [-0.2, 0) is 14.6 Å². The van der Waals surface area contributed by atoms with Gasteiger partial charge in [-0.05, 0) is 30.0 Å². The van der Waals surface area contributed by atoms with Gasteiger partial charge in [0.05, 0.1) is 5.75 Å². The number of rotatable bonds is 7. The Morgan fingerprint density at radius 2 is 1.95 bits per heavy atom. The summed E-state index contributed by atoms with van der Waals surface area (Å²) in [4.78, 5) is 11.6. The van der Waals surface area contributed by atoms with Crippen molar-refractivity contribution in [3.05, 3.63) is 35.4 Å². The molecule has 0 heterocycles. The maximum Gasteiger partial charge on any atom is 0.235 e. The first-order valence-corrected chi connectivity index (χ1v) is 8.49. The van der Waals surface area contributed by atoms with Crippen molar-refractivity contribution in [2.45, 2.75) is 26.2 Å². The first-order valence-electron chi connectivity index (χ1n) is 6.67. The summed E-state index contributed by atoms with van der Waals surface area (Å²) >= 11 is 0. The second kappa shape index (κ2) is 7.49. The molecule has 0 saturated carbocycles. The average molecular weight is 319 g/mol. The predicted molar refractivity (Wildman–Crippen MR) is 76.7 cm³/mol. The van der Waals surface area contributed by atoms with Crippen LogP contribution in [0.3, 0.4) is 0 Å². The highest BCUT2D eigenvalue weighted by Crippen LogP contribution is 2.17. The second-order valence-electron chi connectivity index (χ2n) is 4.97. The summed E-state index contributed by atoms with van der Waals surface area (Å²) in [6.45, 7) is 3.61. The summed E-state index contributed by atoms with van der Waals surface area (Å²) in [5.74, 6) is -3.29. The van der Waals surface area contributed by atoms with Crippen molar-refractivity contribution in [1.29, 1.82) is 0 Å². The van der Waals surface area contributed by atoms with E-state index < -0.39 is 33.1 Å². The van der Waals surface area contributed by atoms with Crippen molar-refractivity contribution >= 4 is 15.7 Å². The van der Waals surface area contributed by atoms with Crippen LogP contribution in [0.2, 0.25) is 0 Å². The second-order valence-corrected chi connectivity index (χ2v) is 7.15. The molecule has 0 saturated heterocycles. The van der Waals surface area contributed by atoms with Crippen molar-refractivity contribution in [2.24, 2.45) is 0 Å². The molecule has 4 nitrogen and oxygen atoms in total. The van der Waals surface area contributed by atoms with Crippen molar-refractivity contribution in [2.75, 3.05) is 18.1 Å². The molecule has 1 atom stereocenters. The third kappa shape index (κ3) is 5.79. The number of hydrogen-bond acceptors (Lipinski definition) is 3. The van der Waals surface area contributed by atoms with Gasteiger partial charge in [-0.15, -0.1) is 0 Å². The zero-order valence-electron chi connectivity index (χ0n) is 12.0. The van der Waals surface area contributed by atoms with E-state index >= 15 is 0 Å². The van der Waals surface area contributed by atoms with E-state index in [4.69, 9.17) is 0 Å². The van der Waals surface area contributed by atoms with Crippen LogP contribution in [0.5, 0.6) is 0 Å². The van der Waals surface area contributed by atoms with E-state index in [2.05, 4.69) is 5.32 Å². The van der Waals surface area contributed by atoms with E-state index in [1.54, 1.807) is 13.8 Å². The van der Waals surface area contributed by atoms with Crippen LogP contribution >= 0.6 is 0 Å². The molecular weight excluding hydrogens is 300 g/mol. The number of halogens is 2. The fraction of sp³-hybridized carbons (Fsp3) is 0.500. The molecule has 1 N–H and O–H groups in total. The van der Waals surface area contributed by atoms with Gasteiger partial charge in [-0.25, -0.2) is 17.2 Å². The third-order valence-corrected chi connectivity index (χ3v) is 4.72. The van der Waals surface area contributed by atoms with Crippen LogP contribution in [0, 0.1) is 11.6 Å². The number of nitrogens with one attached hydrogen (secondary N) is 1. The van der Waals surface area contributed by atoms with Gasteiger partial charge < -0.3 is 5.32 Å². The molecule has 1 rings (SSSR count). The lowest BCUT2D eigenvalue weighted by molar-refractivity contribution is -0.118. The Morgan fingerprint density at radius 3 is 2.52 bits per heavy atom. The third-order valence-electron chi connectivity index (χ3n) is 2.98. The van der Waals surface area contributed by atoms with Gasteiger partial charge in [0.2, 0.25) is 5.91 Å². The van der Waals surface area contributed by atoms with Gasteiger partial charge in [-0.2, -0.15) is 0 Å². The highest BCUT2D eigenvalue weighted by Gasteiger charge is 2.16. The quantitative estimate of drug-likeness (QED) is 0.836. The van der Waals surface area contributed by atoms with Gasteiger partial charge in [0.15, 0.2) is 21.5 Å². The smallest absolute Gasteiger partial charge is 0.235 e. The zero-order valence-corrected chi connectivity index (χ0v) is 12.8. The van der Waals surface area contributed by atoms with Gasteiger partial charge in [0.1, 0.15) is 5.75 Å². The molecule has 118 valence electrons. The molecule has 0 bridgehead atoms. The van der Waals surface area contributed by atoms with E-state index in [1.165, 1.54) is 6.07 Å². The highest BCUT2D eigenvalue weighted by molar-refractivity contribution is 7.92. The number of carbonyl (C=O) groups is 1. The summed E-state index contributed by atoms with van der Waals surface area (Å²) < 4.78 is 48.9. The van der Waals surface area contributed by atoms with Gasteiger partial charge in [-0.1, -0.05) is 19.9 Å². The van der Waals surface area contributed by atoms with Crippen LogP contribution in [0.15, 0.2) is 18.2 Å². The van der Waals surface area contributed by atoms with Crippen LogP contribution in [0.25, 0.3) is 0 Å². The van der Waals surface area contributed by atoms with Crippen molar-refractivity contribution in [3.8, 4) is 0 Å². The van der Waals surface area contributed by atoms with Crippen molar-refractivity contribution < 1.29 is 22.0 Å². The minimum atomic E-state index is -3.38. The molecule has 7 heteroatoms. The summed E-state index contributed by atoms with van der Waals surface area (Å²) in [5.41, 5.74) is 0.533. The maximum absolute atomic E-state index is 13.1. The highest BCUT2D eigenvalue weighted by atomic mass is 32.2. The molecule has 0 aliphatic heterocycles. The van der Waals surface area contributed by atoms with E-state index in [0.29, 0.717) is 12.0 Å². The van der Waals surface area contributed by atoms with E-state index in [1.807, 2.05) is 0 Å². The maximum atomic E-state index is 13.1. The van der Waals surface area contributed by atoms with Crippen LogP contribution < -0.4 is 5.32 Å². The molecule has 0 fully saturated rings. The fourth-order valence-electron chi connectivity index (χ4n) is 1.84. The Bertz CT molecular complexity index is 602. The molecule has 0 aliphatic carbocycles. The summed E-state index contributed by atoms with van der Waals surface area (Å²) in [5, 5.41) is 2.50. The summed E-state index contributed by atoms with van der Waals surface area (Å²) in [7, 11) is -3.38. The number of benzene rings is 1. The Hall–Kier alpha value is -1.50. The first-order chi connectivity index (χ1) is 9.75. The molecular formula is C14H19F2NO3S. The molecule has 0 aromatic heterocycles. The van der Waals surface area contributed by atoms with Gasteiger partial charge in [0.25, 0.3) is 0 Å². The SMILES string of the molecule is CCCS(=O)(=O)CC(=O)NCC(C)c1ccc(F)c(F)c1. The molecule has 1 aromatic rings. The molecule has 1 amide bonds. The largest absolute Gasteiger partial charge is 0.355 e. The Morgan fingerprint density at radius 1 is 1.29 bits per heavy atom. The Labute approximate surface area is 123 Å². The number of amides is 1. The molecule has 0 spiro atoms. The van der Waals surface area contributed by atoms with Crippen LogP contribution in [0.4, 0.5) is 8.78 Å². The lowest BCUT2D eigenvalue weighted by atomic mass is 10.0. The Balaban J connectivity index is 2.54. The lowest BCUT2D eigenvalue weighted by Gasteiger charge is -2.13. The lowest BCUT2D eigenvalue weighted by Crippen LogP contribution is -2.33. The topological polar surface area (TPSA) is 63.2 Å².